The lowest BCUT2D eigenvalue weighted by molar-refractivity contribution is -0.139. The van der Waals surface area contributed by atoms with Crippen molar-refractivity contribution in [3.63, 3.8) is 0 Å². The average molecular weight is 356 g/mol. The minimum Gasteiger partial charge on any atom is -0.493 e. The molecule has 1 saturated heterocycles. The molecule has 0 aromatic heterocycles. The molecule has 5 heteroatoms. The summed E-state index contributed by atoms with van der Waals surface area (Å²) in [7, 11) is 0. The SMILES string of the molecule is O=C1C[C@@H](CO)O[C@@H](c2ccc(F)c(Cc3ccc4c(c3)CCO4)c2)C1. The number of Topliss-reactive ketones (excluding diaryl/α,β-unsaturated/α-hetero) is 1. The van der Waals surface area contributed by atoms with Crippen molar-refractivity contribution in [2.75, 3.05) is 13.2 Å². The molecule has 0 bridgehead atoms. The lowest BCUT2D eigenvalue weighted by Crippen LogP contribution is -2.31. The molecule has 26 heavy (non-hydrogen) atoms. The van der Waals surface area contributed by atoms with Crippen molar-refractivity contribution >= 4 is 5.78 Å². The van der Waals surface area contributed by atoms with E-state index < -0.39 is 12.2 Å². The number of carbonyl (C=O) groups excluding carboxylic acids is 1. The summed E-state index contributed by atoms with van der Waals surface area (Å²) in [6, 6.07) is 10.8. The van der Waals surface area contributed by atoms with Crippen LogP contribution in [0.4, 0.5) is 4.39 Å². The third-order valence-corrected chi connectivity index (χ3v) is 5.02. The summed E-state index contributed by atoms with van der Waals surface area (Å²) >= 11 is 0. The number of fused-ring (bicyclic) bond motifs is 1. The van der Waals surface area contributed by atoms with Gasteiger partial charge in [-0.2, -0.15) is 0 Å². The normalized spacial score (nSPS) is 22.2. The molecule has 0 amide bonds. The van der Waals surface area contributed by atoms with Crippen molar-refractivity contribution < 1.29 is 23.8 Å². The molecule has 2 aliphatic heterocycles. The molecule has 4 nitrogen and oxygen atoms in total. The summed E-state index contributed by atoms with van der Waals surface area (Å²) in [5.41, 5.74) is 3.53. The molecule has 2 aromatic carbocycles. The number of ketones is 1. The summed E-state index contributed by atoms with van der Waals surface area (Å²) < 4.78 is 25.6. The maximum Gasteiger partial charge on any atom is 0.138 e. The van der Waals surface area contributed by atoms with E-state index in [0.29, 0.717) is 18.6 Å². The number of hydrogen-bond donors (Lipinski definition) is 1. The van der Waals surface area contributed by atoms with Gasteiger partial charge in [0.05, 0.1) is 25.4 Å². The Morgan fingerprint density at radius 2 is 2.04 bits per heavy atom. The highest BCUT2D eigenvalue weighted by atomic mass is 19.1. The maximum absolute atomic E-state index is 14.3. The first-order valence-corrected chi connectivity index (χ1v) is 8.93. The summed E-state index contributed by atoms with van der Waals surface area (Å²) in [4.78, 5) is 11.9. The fraction of sp³-hybridized carbons (Fsp3) is 0.381. The fourth-order valence-electron chi connectivity index (χ4n) is 3.68. The number of benzene rings is 2. The number of halogens is 1. The van der Waals surface area contributed by atoms with Crippen LogP contribution in [0, 0.1) is 5.82 Å². The van der Waals surface area contributed by atoms with Crippen molar-refractivity contribution in [1.29, 1.82) is 0 Å². The number of carbonyl (C=O) groups is 1. The summed E-state index contributed by atoms with van der Waals surface area (Å²) in [6.07, 6.45) is 0.937. The zero-order chi connectivity index (χ0) is 18.1. The van der Waals surface area contributed by atoms with Gasteiger partial charge in [0.25, 0.3) is 0 Å². The van der Waals surface area contributed by atoms with E-state index in [2.05, 4.69) is 6.07 Å². The first-order valence-electron chi connectivity index (χ1n) is 8.93. The van der Waals surface area contributed by atoms with Gasteiger partial charge in [-0.05, 0) is 40.5 Å². The van der Waals surface area contributed by atoms with Crippen LogP contribution in [-0.4, -0.2) is 30.2 Å². The Balaban J connectivity index is 1.57. The van der Waals surface area contributed by atoms with Gasteiger partial charge in [0, 0.05) is 25.7 Å². The first kappa shape index (κ1) is 17.2. The quantitative estimate of drug-likeness (QED) is 0.914. The zero-order valence-electron chi connectivity index (χ0n) is 14.4. The van der Waals surface area contributed by atoms with E-state index in [1.807, 2.05) is 12.1 Å². The third-order valence-electron chi connectivity index (χ3n) is 5.02. The number of aliphatic hydroxyl groups excluding tert-OH is 1. The molecule has 0 spiro atoms. The largest absolute Gasteiger partial charge is 0.493 e. The van der Waals surface area contributed by atoms with Crippen molar-refractivity contribution in [3.8, 4) is 5.75 Å². The molecule has 4 rings (SSSR count). The molecule has 0 unspecified atom stereocenters. The van der Waals surface area contributed by atoms with Crippen molar-refractivity contribution in [1.82, 2.24) is 0 Å². The van der Waals surface area contributed by atoms with E-state index in [-0.39, 0.29) is 31.0 Å². The molecule has 1 N–H and O–H groups in total. The Hall–Kier alpha value is -2.24. The van der Waals surface area contributed by atoms with Gasteiger partial charge in [0.2, 0.25) is 0 Å². The highest BCUT2D eigenvalue weighted by molar-refractivity contribution is 5.80. The summed E-state index contributed by atoms with van der Waals surface area (Å²) in [6.45, 7) is 0.509. The molecule has 0 aliphatic carbocycles. The Labute approximate surface area is 151 Å². The van der Waals surface area contributed by atoms with Gasteiger partial charge < -0.3 is 14.6 Å². The Morgan fingerprint density at radius 3 is 2.88 bits per heavy atom. The average Bonchev–Trinajstić information content (AvgIpc) is 3.10. The molecular formula is C21H21FO4. The van der Waals surface area contributed by atoms with E-state index in [1.54, 1.807) is 12.1 Å². The van der Waals surface area contributed by atoms with Crippen LogP contribution in [0.2, 0.25) is 0 Å². The van der Waals surface area contributed by atoms with Crippen LogP contribution in [0.5, 0.6) is 5.75 Å². The Bertz CT molecular complexity index is 833. The Kier molecular flexibility index (Phi) is 4.74. The summed E-state index contributed by atoms with van der Waals surface area (Å²) in [5.74, 6) is 0.697. The minimum atomic E-state index is -0.480. The van der Waals surface area contributed by atoms with Crippen LogP contribution in [0.25, 0.3) is 0 Å². The van der Waals surface area contributed by atoms with Crippen molar-refractivity contribution in [2.45, 2.75) is 37.9 Å². The summed E-state index contributed by atoms with van der Waals surface area (Å²) in [5, 5.41) is 9.30. The topological polar surface area (TPSA) is 55.8 Å². The standard InChI is InChI=1S/C21H21FO4/c22-19-3-2-14(21-11-17(24)10-18(12-23)26-21)9-16(19)8-13-1-4-20-15(7-13)5-6-25-20/h1-4,7,9,18,21,23H,5-6,8,10-12H2/t18-,21+/m0/s1. The molecular weight excluding hydrogens is 335 g/mol. The molecule has 1 fully saturated rings. The van der Waals surface area contributed by atoms with E-state index in [0.717, 1.165) is 28.9 Å². The van der Waals surface area contributed by atoms with Crippen LogP contribution in [0.1, 0.15) is 41.2 Å². The van der Waals surface area contributed by atoms with E-state index in [4.69, 9.17) is 9.47 Å². The molecule has 2 atom stereocenters. The van der Waals surface area contributed by atoms with Gasteiger partial charge in [0.1, 0.15) is 17.3 Å². The molecule has 2 aliphatic rings. The lowest BCUT2D eigenvalue weighted by Gasteiger charge is -2.28. The zero-order valence-corrected chi connectivity index (χ0v) is 14.4. The van der Waals surface area contributed by atoms with Crippen LogP contribution in [-0.2, 0) is 22.4 Å². The number of hydrogen-bond acceptors (Lipinski definition) is 4. The van der Waals surface area contributed by atoms with Gasteiger partial charge in [-0.3, -0.25) is 4.79 Å². The van der Waals surface area contributed by atoms with Crippen molar-refractivity contribution in [3.05, 3.63) is 64.5 Å². The predicted molar refractivity (Wildman–Crippen MR) is 93.8 cm³/mol. The predicted octanol–water partition coefficient (Wildman–Crippen LogP) is 3.13. The molecule has 0 radical (unpaired) electrons. The van der Waals surface area contributed by atoms with Gasteiger partial charge in [0.15, 0.2) is 0 Å². The van der Waals surface area contributed by atoms with Crippen LogP contribution in [0.3, 0.4) is 0 Å². The van der Waals surface area contributed by atoms with Crippen LogP contribution < -0.4 is 4.74 Å². The van der Waals surface area contributed by atoms with Gasteiger partial charge in [-0.1, -0.05) is 18.2 Å². The third kappa shape index (κ3) is 3.50. The smallest absolute Gasteiger partial charge is 0.138 e. The Morgan fingerprint density at radius 1 is 1.15 bits per heavy atom. The van der Waals surface area contributed by atoms with E-state index in [9.17, 15) is 14.3 Å². The molecule has 0 saturated carbocycles. The first-order chi connectivity index (χ1) is 12.6. The number of rotatable bonds is 4. The lowest BCUT2D eigenvalue weighted by atomic mass is 9.94. The molecule has 2 heterocycles. The van der Waals surface area contributed by atoms with E-state index in [1.165, 1.54) is 6.07 Å². The van der Waals surface area contributed by atoms with Gasteiger partial charge in [-0.15, -0.1) is 0 Å². The monoisotopic (exact) mass is 356 g/mol. The van der Waals surface area contributed by atoms with Gasteiger partial charge >= 0.3 is 0 Å². The van der Waals surface area contributed by atoms with E-state index >= 15 is 0 Å². The van der Waals surface area contributed by atoms with Crippen molar-refractivity contribution in [2.24, 2.45) is 0 Å². The number of ether oxygens (including phenoxy) is 2. The molecule has 2 aromatic rings. The second-order valence-electron chi connectivity index (χ2n) is 6.94. The highest BCUT2D eigenvalue weighted by Gasteiger charge is 2.29. The highest BCUT2D eigenvalue weighted by Crippen LogP contribution is 2.32. The molecule has 136 valence electrons. The fourth-order valence-corrected chi connectivity index (χ4v) is 3.68. The number of aliphatic hydroxyl groups is 1. The minimum absolute atomic E-state index is 0.0600. The second-order valence-corrected chi connectivity index (χ2v) is 6.94. The maximum atomic E-state index is 14.3. The van der Waals surface area contributed by atoms with Crippen LogP contribution in [0.15, 0.2) is 36.4 Å². The van der Waals surface area contributed by atoms with Crippen LogP contribution >= 0.6 is 0 Å². The van der Waals surface area contributed by atoms with Gasteiger partial charge in [-0.25, -0.2) is 4.39 Å². The second kappa shape index (κ2) is 7.17.